The minimum absolute atomic E-state index is 0.579. The highest BCUT2D eigenvalue weighted by atomic mass is 35.5. The first kappa shape index (κ1) is 22.4. The van der Waals surface area contributed by atoms with Crippen LogP contribution in [0.2, 0.25) is 10.0 Å². The van der Waals surface area contributed by atoms with E-state index >= 15 is 0 Å². The maximum atomic E-state index is 6.31. The Hall–Kier alpha value is -2.28. The summed E-state index contributed by atoms with van der Waals surface area (Å²) in [6.45, 7) is 2.36. The summed E-state index contributed by atoms with van der Waals surface area (Å²) in [6.07, 6.45) is 6.51. The molecule has 5 nitrogen and oxygen atoms in total. The summed E-state index contributed by atoms with van der Waals surface area (Å²) in [7, 11) is 4.07. The first-order valence-corrected chi connectivity index (χ1v) is 10.8. The van der Waals surface area contributed by atoms with Gasteiger partial charge in [0.15, 0.2) is 5.11 Å². The lowest BCUT2D eigenvalue weighted by molar-refractivity contribution is 0.396. The van der Waals surface area contributed by atoms with E-state index in [1.807, 2.05) is 26.6 Å². The molecule has 0 unspecified atom stereocenters. The van der Waals surface area contributed by atoms with Crippen LogP contribution < -0.4 is 10.2 Å². The smallest absolute Gasteiger partial charge is 0.173 e. The van der Waals surface area contributed by atoms with E-state index in [1.54, 1.807) is 24.4 Å². The fourth-order valence-corrected chi connectivity index (χ4v) is 3.63. The van der Waals surface area contributed by atoms with E-state index in [9.17, 15) is 0 Å². The zero-order valence-corrected chi connectivity index (χ0v) is 19.4. The average molecular weight is 462 g/mol. The molecule has 0 aliphatic carbocycles. The van der Waals surface area contributed by atoms with Crippen molar-refractivity contribution in [1.82, 2.24) is 14.5 Å². The standard InChI is InChI=1S/C22H25Cl2N5S/c1-27(2)19-7-4-17(5-8-19)15-29(12-3-11-28-13-10-25-16-28)22(30)26-21-14-18(23)6-9-20(21)24/h4-10,13-14,16H,3,11-12,15H2,1-2H3,(H,26,30). The molecule has 3 aromatic rings. The molecule has 0 amide bonds. The molecule has 0 aliphatic rings. The van der Waals surface area contributed by atoms with E-state index in [2.05, 4.69) is 48.9 Å². The Labute approximate surface area is 193 Å². The van der Waals surface area contributed by atoms with Crippen LogP contribution in [0.15, 0.2) is 61.2 Å². The lowest BCUT2D eigenvalue weighted by Gasteiger charge is -2.27. The van der Waals surface area contributed by atoms with Crippen LogP contribution >= 0.6 is 35.4 Å². The zero-order valence-electron chi connectivity index (χ0n) is 17.1. The molecule has 0 spiro atoms. The Balaban J connectivity index is 1.71. The van der Waals surface area contributed by atoms with E-state index in [-0.39, 0.29) is 0 Å². The fourth-order valence-electron chi connectivity index (χ4n) is 3.02. The average Bonchev–Trinajstić information content (AvgIpc) is 3.24. The van der Waals surface area contributed by atoms with Crippen LogP contribution in [0.4, 0.5) is 11.4 Å². The van der Waals surface area contributed by atoms with Gasteiger partial charge >= 0.3 is 0 Å². The first-order chi connectivity index (χ1) is 14.4. The number of imidazole rings is 1. The van der Waals surface area contributed by atoms with E-state index in [0.29, 0.717) is 27.4 Å². The van der Waals surface area contributed by atoms with Crippen molar-refractivity contribution in [2.45, 2.75) is 19.5 Å². The molecule has 1 heterocycles. The molecule has 30 heavy (non-hydrogen) atoms. The van der Waals surface area contributed by atoms with E-state index in [0.717, 1.165) is 25.2 Å². The van der Waals surface area contributed by atoms with Crippen LogP contribution in [0, 0.1) is 0 Å². The molecule has 2 aromatic carbocycles. The molecule has 0 bridgehead atoms. The molecule has 0 saturated carbocycles. The summed E-state index contributed by atoms with van der Waals surface area (Å²) in [5.74, 6) is 0. The van der Waals surface area contributed by atoms with Crippen molar-refractivity contribution >= 4 is 51.9 Å². The predicted molar refractivity (Wildman–Crippen MR) is 131 cm³/mol. The van der Waals surface area contributed by atoms with Crippen molar-refractivity contribution in [3.63, 3.8) is 0 Å². The fraction of sp³-hybridized carbons (Fsp3) is 0.273. The molecule has 158 valence electrons. The van der Waals surface area contributed by atoms with Crippen molar-refractivity contribution in [3.8, 4) is 0 Å². The molecule has 0 radical (unpaired) electrons. The van der Waals surface area contributed by atoms with Crippen molar-refractivity contribution in [1.29, 1.82) is 0 Å². The molecular weight excluding hydrogens is 437 g/mol. The van der Waals surface area contributed by atoms with Crippen molar-refractivity contribution < 1.29 is 0 Å². The van der Waals surface area contributed by atoms with Crippen LogP contribution in [0.25, 0.3) is 0 Å². The van der Waals surface area contributed by atoms with Gasteiger partial charge in [-0.15, -0.1) is 0 Å². The van der Waals surface area contributed by atoms with Crippen LogP contribution in [0.3, 0.4) is 0 Å². The number of nitrogens with one attached hydrogen (secondary N) is 1. The maximum Gasteiger partial charge on any atom is 0.173 e. The van der Waals surface area contributed by atoms with E-state index < -0.39 is 0 Å². The number of hydrogen-bond acceptors (Lipinski definition) is 3. The number of nitrogens with zero attached hydrogens (tertiary/aromatic N) is 4. The highest BCUT2D eigenvalue weighted by Crippen LogP contribution is 2.26. The van der Waals surface area contributed by atoms with Gasteiger partial charge < -0.3 is 19.7 Å². The van der Waals surface area contributed by atoms with Gasteiger partial charge in [-0.05, 0) is 54.5 Å². The van der Waals surface area contributed by atoms with Gasteiger partial charge in [-0.1, -0.05) is 35.3 Å². The summed E-state index contributed by atoms with van der Waals surface area (Å²) >= 11 is 18.2. The van der Waals surface area contributed by atoms with Crippen molar-refractivity contribution in [2.24, 2.45) is 0 Å². The quantitative estimate of drug-likeness (QED) is 0.445. The lowest BCUT2D eigenvalue weighted by atomic mass is 10.2. The third kappa shape index (κ3) is 6.36. The van der Waals surface area contributed by atoms with Crippen molar-refractivity contribution in [2.75, 3.05) is 30.9 Å². The summed E-state index contributed by atoms with van der Waals surface area (Å²) in [4.78, 5) is 8.33. The minimum atomic E-state index is 0.579. The van der Waals surface area contributed by atoms with Gasteiger partial charge in [0.2, 0.25) is 0 Å². The monoisotopic (exact) mass is 461 g/mol. The molecule has 1 N–H and O–H groups in total. The summed E-state index contributed by atoms with van der Waals surface area (Å²) < 4.78 is 2.06. The number of anilines is 2. The number of hydrogen-bond donors (Lipinski definition) is 1. The highest BCUT2D eigenvalue weighted by Gasteiger charge is 2.13. The Morgan fingerprint density at radius 1 is 1.13 bits per heavy atom. The molecule has 0 fully saturated rings. The minimum Gasteiger partial charge on any atom is -0.378 e. The number of aryl methyl sites for hydroxylation is 1. The second kappa shape index (κ2) is 10.7. The number of aromatic nitrogens is 2. The second-order valence-corrected chi connectivity index (χ2v) is 8.42. The Bertz CT molecular complexity index is 958. The molecule has 8 heteroatoms. The lowest BCUT2D eigenvalue weighted by Crippen LogP contribution is -2.35. The SMILES string of the molecule is CN(C)c1ccc(CN(CCCn2ccnc2)C(=S)Nc2cc(Cl)ccc2Cl)cc1. The van der Waals surface area contributed by atoms with Crippen LogP contribution in [0.5, 0.6) is 0 Å². The second-order valence-electron chi connectivity index (χ2n) is 7.19. The third-order valence-corrected chi connectivity index (χ3v) is 5.61. The van der Waals surface area contributed by atoms with Gasteiger partial charge in [0.25, 0.3) is 0 Å². The summed E-state index contributed by atoms with van der Waals surface area (Å²) in [6, 6.07) is 13.8. The van der Waals surface area contributed by atoms with Crippen molar-refractivity contribution in [3.05, 3.63) is 76.8 Å². The van der Waals surface area contributed by atoms with Gasteiger partial charge in [0.05, 0.1) is 17.0 Å². The zero-order chi connectivity index (χ0) is 21.5. The van der Waals surface area contributed by atoms with Crippen LogP contribution in [0.1, 0.15) is 12.0 Å². The summed E-state index contributed by atoms with van der Waals surface area (Å²) in [5, 5.41) is 5.06. The number of benzene rings is 2. The van der Waals surface area contributed by atoms with Crippen LogP contribution in [-0.4, -0.2) is 40.2 Å². The van der Waals surface area contributed by atoms with E-state index in [1.165, 1.54) is 5.56 Å². The van der Waals surface area contributed by atoms with Gasteiger partial charge in [0.1, 0.15) is 0 Å². The highest BCUT2D eigenvalue weighted by molar-refractivity contribution is 7.80. The molecule has 3 rings (SSSR count). The van der Waals surface area contributed by atoms with Gasteiger partial charge in [-0.25, -0.2) is 4.98 Å². The Morgan fingerprint density at radius 3 is 2.57 bits per heavy atom. The number of halogens is 2. The number of thiocarbonyl (C=S) groups is 1. The Morgan fingerprint density at radius 2 is 1.90 bits per heavy atom. The molecule has 0 atom stereocenters. The molecule has 0 aliphatic heterocycles. The van der Waals surface area contributed by atoms with Gasteiger partial charge in [-0.3, -0.25) is 0 Å². The topological polar surface area (TPSA) is 36.3 Å². The third-order valence-electron chi connectivity index (χ3n) is 4.69. The largest absolute Gasteiger partial charge is 0.378 e. The van der Waals surface area contributed by atoms with Gasteiger partial charge in [0, 0.05) is 56.8 Å². The molecular formula is C22H25Cl2N5S. The summed E-state index contributed by atoms with van der Waals surface area (Å²) in [5.41, 5.74) is 3.05. The maximum absolute atomic E-state index is 6.31. The Kier molecular flexibility index (Phi) is 7.96. The molecule has 0 saturated heterocycles. The first-order valence-electron chi connectivity index (χ1n) is 9.65. The van der Waals surface area contributed by atoms with E-state index in [4.69, 9.17) is 35.4 Å². The number of rotatable bonds is 8. The normalized spacial score (nSPS) is 10.7. The molecule has 1 aromatic heterocycles. The predicted octanol–water partition coefficient (Wildman–Crippen LogP) is 5.55. The van der Waals surface area contributed by atoms with Crippen LogP contribution in [-0.2, 0) is 13.1 Å². The van der Waals surface area contributed by atoms with Gasteiger partial charge in [-0.2, -0.15) is 0 Å².